The van der Waals surface area contributed by atoms with Gasteiger partial charge in [0.25, 0.3) is 0 Å². The number of alkyl halides is 3. The molecule has 1 saturated carbocycles. The Hall–Kier alpha value is -1.00. The third-order valence-corrected chi connectivity index (χ3v) is 2.69. The standard InChI is InChI=1S/C9H10F3NO/c1-5-6(9(10,11)12)7(14-13-5)8(2)3-4-8/h3-4H2,1-2H3. The van der Waals surface area contributed by atoms with Crippen molar-refractivity contribution in [2.45, 2.75) is 38.3 Å². The second-order valence-electron chi connectivity index (χ2n) is 4.03. The first-order chi connectivity index (χ1) is 6.34. The van der Waals surface area contributed by atoms with Crippen LogP contribution in [0.2, 0.25) is 0 Å². The minimum atomic E-state index is -4.36. The topological polar surface area (TPSA) is 26.0 Å². The summed E-state index contributed by atoms with van der Waals surface area (Å²) < 4.78 is 42.6. The van der Waals surface area contributed by atoms with E-state index in [0.717, 1.165) is 12.8 Å². The van der Waals surface area contributed by atoms with Crippen LogP contribution in [0.4, 0.5) is 13.2 Å². The summed E-state index contributed by atoms with van der Waals surface area (Å²) in [5.41, 5.74) is -1.19. The van der Waals surface area contributed by atoms with Gasteiger partial charge in [-0.05, 0) is 19.8 Å². The first-order valence-corrected chi connectivity index (χ1v) is 4.38. The second kappa shape index (κ2) is 2.52. The first-order valence-electron chi connectivity index (χ1n) is 4.38. The maximum Gasteiger partial charge on any atom is 0.421 e. The number of hydrogen-bond donors (Lipinski definition) is 0. The van der Waals surface area contributed by atoms with Crippen molar-refractivity contribution in [3.05, 3.63) is 17.0 Å². The van der Waals surface area contributed by atoms with Gasteiger partial charge in [-0.25, -0.2) is 0 Å². The van der Waals surface area contributed by atoms with Crippen molar-refractivity contribution < 1.29 is 17.7 Å². The number of halogens is 3. The van der Waals surface area contributed by atoms with Crippen LogP contribution in [-0.2, 0) is 11.6 Å². The third kappa shape index (κ3) is 1.31. The molecule has 1 fully saturated rings. The van der Waals surface area contributed by atoms with Crippen LogP contribution in [0.5, 0.6) is 0 Å². The van der Waals surface area contributed by atoms with Crippen LogP contribution in [0.25, 0.3) is 0 Å². The monoisotopic (exact) mass is 205 g/mol. The zero-order chi connectivity index (χ0) is 10.6. The molecule has 0 bridgehead atoms. The van der Waals surface area contributed by atoms with Crippen LogP contribution < -0.4 is 0 Å². The fourth-order valence-corrected chi connectivity index (χ4v) is 1.53. The van der Waals surface area contributed by atoms with E-state index in [1.54, 1.807) is 6.92 Å². The Morgan fingerprint density at radius 1 is 1.36 bits per heavy atom. The predicted octanol–water partition coefficient (Wildman–Crippen LogP) is 3.05. The Kier molecular flexibility index (Phi) is 1.72. The summed E-state index contributed by atoms with van der Waals surface area (Å²) in [5, 5.41) is 3.39. The Morgan fingerprint density at radius 2 is 1.93 bits per heavy atom. The maximum atomic E-state index is 12.6. The van der Waals surface area contributed by atoms with Gasteiger partial charge in [0.2, 0.25) is 0 Å². The van der Waals surface area contributed by atoms with E-state index in [1.165, 1.54) is 6.92 Å². The molecular weight excluding hydrogens is 195 g/mol. The van der Waals surface area contributed by atoms with Gasteiger partial charge in [-0.1, -0.05) is 12.1 Å². The predicted molar refractivity (Wildman–Crippen MR) is 42.8 cm³/mol. The van der Waals surface area contributed by atoms with Gasteiger partial charge in [0.05, 0.1) is 5.69 Å². The molecule has 1 aromatic rings. The molecule has 0 atom stereocenters. The molecule has 0 radical (unpaired) electrons. The highest BCUT2D eigenvalue weighted by atomic mass is 19.4. The van der Waals surface area contributed by atoms with E-state index >= 15 is 0 Å². The molecule has 0 N–H and O–H groups in total. The molecule has 1 aliphatic carbocycles. The summed E-state index contributed by atoms with van der Waals surface area (Å²) in [6, 6.07) is 0. The lowest BCUT2D eigenvalue weighted by Gasteiger charge is -2.09. The van der Waals surface area contributed by atoms with Gasteiger partial charge >= 0.3 is 6.18 Å². The number of hydrogen-bond acceptors (Lipinski definition) is 2. The van der Waals surface area contributed by atoms with Gasteiger partial charge in [-0.2, -0.15) is 13.2 Å². The van der Waals surface area contributed by atoms with Crippen molar-refractivity contribution >= 4 is 0 Å². The molecule has 0 spiro atoms. The fourth-order valence-electron chi connectivity index (χ4n) is 1.53. The smallest absolute Gasteiger partial charge is 0.360 e. The molecule has 2 nitrogen and oxygen atoms in total. The summed E-state index contributed by atoms with van der Waals surface area (Å²) >= 11 is 0. The SMILES string of the molecule is Cc1noc(C2(C)CC2)c1C(F)(F)F. The molecule has 0 amide bonds. The zero-order valence-electron chi connectivity index (χ0n) is 7.90. The molecule has 1 aliphatic rings. The summed E-state index contributed by atoms with van der Waals surface area (Å²) in [7, 11) is 0. The average molecular weight is 205 g/mol. The lowest BCUT2D eigenvalue weighted by Crippen LogP contribution is -2.12. The normalized spacial score (nSPS) is 19.8. The van der Waals surface area contributed by atoms with E-state index in [-0.39, 0.29) is 11.5 Å². The van der Waals surface area contributed by atoms with Gasteiger partial charge in [0.1, 0.15) is 5.56 Å². The van der Waals surface area contributed by atoms with Crippen molar-refractivity contribution in [1.82, 2.24) is 5.16 Å². The summed E-state index contributed by atoms with van der Waals surface area (Å²) in [6.45, 7) is 3.09. The van der Waals surface area contributed by atoms with Gasteiger partial charge in [-0.3, -0.25) is 0 Å². The lowest BCUT2D eigenvalue weighted by atomic mass is 10.0. The summed E-state index contributed by atoms with van der Waals surface area (Å²) in [5.74, 6) is 0.00231. The Bertz CT molecular complexity index is 363. The molecule has 1 heterocycles. The van der Waals surface area contributed by atoms with Gasteiger partial charge in [0.15, 0.2) is 5.76 Å². The average Bonchev–Trinajstić information content (AvgIpc) is 2.60. The molecular formula is C9H10F3NO. The van der Waals surface area contributed by atoms with E-state index < -0.39 is 17.2 Å². The zero-order valence-corrected chi connectivity index (χ0v) is 7.90. The number of aryl methyl sites for hydroxylation is 1. The van der Waals surface area contributed by atoms with Crippen LogP contribution in [-0.4, -0.2) is 5.16 Å². The van der Waals surface area contributed by atoms with Crippen molar-refractivity contribution in [2.75, 3.05) is 0 Å². The van der Waals surface area contributed by atoms with Crippen LogP contribution in [0.15, 0.2) is 4.52 Å². The van der Waals surface area contributed by atoms with E-state index in [1.807, 2.05) is 0 Å². The van der Waals surface area contributed by atoms with E-state index in [2.05, 4.69) is 5.16 Å². The number of nitrogens with zero attached hydrogens (tertiary/aromatic N) is 1. The Balaban J connectivity index is 2.52. The van der Waals surface area contributed by atoms with E-state index in [9.17, 15) is 13.2 Å². The molecule has 0 saturated heterocycles. The fraction of sp³-hybridized carbons (Fsp3) is 0.667. The van der Waals surface area contributed by atoms with Crippen LogP contribution in [0.1, 0.15) is 36.8 Å². The molecule has 5 heteroatoms. The van der Waals surface area contributed by atoms with Crippen molar-refractivity contribution in [3.63, 3.8) is 0 Å². The van der Waals surface area contributed by atoms with Crippen LogP contribution in [0, 0.1) is 6.92 Å². The summed E-state index contributed by atoms with van der Waals surface area (Å²) in [4.78, 5) is 0. The number of aromatic nitrogens is 1. The van der Waals surface area contributed by atoms with Crippen molar-refractivity contribution in [2.24, 2.45) is 0 Å². The highest BCUT2D eigenvalue weighted by Crippen LogP contribution is 2.52. The van der Waals surface area contributed by atoms with Gasteiger partial charge in [-0.15, -0.1) is 0 Å². The number of rotatable bonds is 1. The Morgan fingerprint density at radius 3 is 2.36 bits per heavy atom. The first kappa shape index (κ1) is 9.55. The molecule has 2 rings (SSSR count). The lowest BCUT2D eigenvalue weighted by molar-refractivity contribution is -0.139. The van der Waals surface area contributed by atoms with E-state index in [4.69, 9.17) is 4.52 Å². The maximum absolute atomic E-state index is 12.6. The van der Waals surface area contributed by atoms with Gasteiger partial charge < -0.3 is 4.52 Å². The van der Waals surface area contributed by atoms with Crippen molar-refractivity contribution in [3.8, 4) is 0 Å². The minimum absolute atomic E-state index is 0.00231. The van der Waals surface area contributed by atoms with Crippen LogP contribution in [0.3, 0.4) is 0 Å². The third-order valence-electron chi connectivity index (χ3n) is 2.69. The Labute approximate surface area is 79.1 Å². The summed E-state index contributed by atoms with van der Waals surface area (Å²) in [6.07, 6.45) is -2.87. The molecule has 78 valence electrons. The highest BCUT2D eigenvalue weighted by Gasteiger charge is 2.50. The second-order valence-corrected chi connectivity index (χ2v) is 4.03. The minimum Gasteiger partial charge on any atom is -0.360 e. The van der Waals surface area contributed by atoms with E-state index in [0.29, 0.717) is 0 Å². The quantitative estimate of drug-likeness (QED) is 0.704. The highest BCUT2D eigenvalue weighted by molar-refractivity contribution is 5.34. The van der Waals surface area contributed by atoms with Crippen LogP contribution >= 0.6 is 0 Å². The molecule has 14 heavy (non-hydrogen) atoms. The largest absolute Gasteiger partial charge is 0.421 e. The van der Waals surface area contributed by atoms with Gasteiger partial charge in [0, 0.05) is 5.41 Å². The molecule has 0 aromatic carbocycles. The molecule has 0 unspecified atom stereocenters. The molecule has 0 aliphatic heterocycles. The molecule has 1 aromatic heterocycles. The van der Waals surface area contributed by atoms with Crippen molar-refractivity contribution in [1.29, 1.82) is 0 Å².